The Morgan fingerprint density at radius 3 is 2.14 bits per heavy atom. The molecule has 28 heavy (non-hydrogen) atoms. The zero-order valence-corrected chi connectivity index (χ0v) is 16.5. The van der Waals surface area contributed by atoms with Crippen molar-refractivity contribution in [3.63, 3.8) is 0 Å². The average molecular weight is 379 g/mol. The van der Waals surface area contributed by atoms with Crippen LogP contribution >= 0.6 is 0 Å². The molecule has 0 spiro atoms. The average Bonchev–Trinajstić information content (AvgIpc) is 3.26. The highest BCUT2D eigenvalue weighted by molar-refractivity contribution is 5.68. The fourth-order valence-electron chi connectivity index (χ4n) is 4.41. The lowest BCUT2D eigenvalue weighted by Gasteiger charge is -2.39. The molecule has 4 nitrogen and oxygen atoms in total. The van der Waals surface area contributed by atoms with Gasteiger partial charge in [0.15, 0.2) is 0 Å². The highest BCUT2D eigenvalue weighted by atomic mass is 16.6. The van der Waals surface area contributed by atoms with E-state index in [-0.39, 0.29) is 12.2 Å². The Morgan fingerprint density at radius 1 is 0.893 bits per heavy atom. The van der Waals surface area contributed by atoms with Gasteiger partial charge >= 0.3 is 6.09 Å². The monoisotopic (exact) mass is 378 g/mol. The van der Waals surface area contributed by atoms with Gasteiger partial charge in [-0.25, -0.2) is 4.79 Å². The summed E-state index contributed by atoms with van der Waals surface area (Å²) in [5.41, 5.74) is 2.69. The molecule has 0 aromatic heterocycles. The molecule has 2 aromatic carbocycles. The molecule has 0 radical (unpaired) electrons. The van der Waals surface area contributed by atoms with E-state index in [1.165, 1.54) is 24.0 Å². The van der Waals surface area contributed by atoms with Gasteiger partial charge < -0.3 is 9.64 Å². The second kappa shape index (κ2) is 9.24. The summed E-state index contributed by atoms with van der Waals surface area (Å²) in [6.45, 7) is 3.24. The van der Waals surface area contributed by atoms with Crippen molar-refractivity contribution in [2.45, 2.75) is 44.2 Å². The Bertz CT molecular complexity index is 736. The molecule has 0 unspecified atom stereocenters. The van der Waals surface area contributed by atoms with E-state index in [0.717, 1.165) is 45.4 Å². The highest BCUT2D eigenvalue weighted by Crippen LogP contribution is 2.27. The van der Waals surface area contributed by atoms with E-state index in [1.807, 2.05) is 4.90 Å². The first-order chi connectivity index (χ1) is 13.8. The number of rotatable bonds is 5. The van der Waals surface area contributed by atoms with Gasteiger partial charge in [-0.2, -0.15) is 0 Å². The second-order valence-corrected chi connectivity index (χ2v) is 7.93. The Hall–Kier alpha value is -2.33. The second-order valence-electron chi connectivity index (χ2n) is 7.93. The van der Waals surface area contributed by atoms with Gasteiger partial charge in [-0.15, -0.1) is 0 Å². The van der Waals surface area contributed by atoms with Crippen molar-refractivity contribution in [2.24, 2.45) is 0 Å². The minimum atomic E-state index is -0.120. The smallest absolute Gasteiger partial charge is 0.410 e. The minimum absolute atomic E-state index is 0.120. The molecule has 0 bridgehead atoms. The number of carbonyl (C=O) groups is 1. The predicted molar refractivity (Wildman–Crippen MR) is 111 cm³/mol. The lowest BCUT2D eigenvalue weighted by molar-refractivity contribution is 0.0403. The quantitative estimate of drug-likeness (QED) is 0.758. The number of piperazine rings is 1. The van der Waals surface area contributed by atoms with E-state index in [2.05, 4.69) is 65.6 Å². The molecule has 4 heteroatoms. The number of ether oxygens (including phenoxy) is 1. The van der Waals surface area contributed by atoms with Crippen molar-refractivity contribution in [3.05, 3.63) is 71.8 Å². The van der Waals surface area contributed by atoms with Crippen LogP contribution in [0.15, 0.2) is 60.7 Å². The lowest BCUT2D eigenvalue weighted by Crippen LogP contribution is -2.50. The van der Waals surface area contributed by atoms with E-state index in [1.54, 1.807) is 0 Å². The zero-order chi connectivity index (χ0) is 19.2. The number of nitrogens with zero attached hydrogens (tertiary/aromatic N) is 2. The SMILES string of the molecule is O=C(OC1CCCC1)N1CCN([C@@H](Cc2ccccc2)c2ccccc2)CC1. The molecule has 1 aliphatic heterocycles. The molecule has 148 valence electrons. The van der Waals surface area contributed by atoms with Crippen molar-refractivity contribution in [2.75, 3.05) is 26.2 Å². The van der Waals surface area contributed by atoms with Gasteiger partial charge in [-0.3, -0.25) is 4.90 Å². The Balaban J connectivity index is 1.39. The summed E-state index contributed by atoms with van der Waals surface area (Å²) in [7, 11) is 0. The van der Waals surface area contributed by atoms with Crippen molar-refractivity contribution >= 4 is 6.09 Å². The molecule has 0 N–H and O–H groups in total. The van der Waals surface area contributed by atoms with Crippen LogP contribution in [-0.2, 0) is 11.2 Å². The van der Waals surface area contributed by atoms with Crippen LogP contribution < -0.4 is 0 Å². The van der Waals surface area contributed by atoms with Gasteiger partial charge in [0.25, 0.3) is 0 Å². The number of carbonyl (C=O) groups excluding carboxylic acids is 1. The first kappa shape index (κ1) is 19.0. The zero-order valence-electron chi connectivity index (χ0n) is 16.5. The van der Waals surface area contributed by atoms with Gasteiger partial charge in [0.05, 0.1) is 0 Å². The number of benzene rings is 2. The molecular weight excluding hydrogens is 348 g/mol. The number of hydrogen-bond acceptors (Lipinski definition) is 3. The third-order valence-corrected chi connectivity index (χ3v) is 6.04. The van der Waals surface area contributed by atoms with Crippen LogP contribution in [0.25, 0.3) is 0 Å². The van der Waals surface area contributed by atoms with Crippen LogP contribution in [0.3, 0.4) is 0 Å². The lowest BCUT2D eigenvalue weighted by atomic mass is 9.97. The first-order valence-electron chi connectivity index (χ1n) is 10.6. The summed E-state index contributed by atoms with van der Waals surface area (Å²) < 4.78 is 5.70. The van der Waals surface area contributed by atoms with Crippen molar-refractivity contribution < 1.29 is 9.53 Å². The molecule has 2 fully saturated rings. The predicted octanol–water partition coefficient (Wildman–Crippen LogP) is 4.67. The minimum Gasteiger partial charge on any atom is -0.446 e. The summed E-state index contributed by atoms with van der Waals surface area (Å²) in [5.74, 6) is 0. The van der Waals surface area contributed by atoms with Crippen LogP contribution in [0, 0.1) is 0 Å². The molecule has 1 atom stereocenters. The summed E-state index contributed by atoms with van der Waals surface area (Å²) in [6.07, 6.45) is 5.43. The van der Waals surface area contributed by atoms with Crippen LogP contribution in [0.5, 0.6) is 0 Å². The number of amides is 1. The molecular formula is C24H30N2O2. The molecule has 2 aliphatic rings. The van der Waals surface area contributed by atoms with Crippen LogP contribution in [-0.4, -0.2) is 48.2 Å². The topological polar surface area (TPSA) is 32.8 Å². The van der Waals surface area contributed by atoms with Crippen LogP contribution in [0.4, 0.5) is 4.79 Å². The van der Waals surface area contributed by atoms with E-state index < -0.39 is 0 Å². The van der Waals surface area contributed by atoms with Gasteiger partial charge in [0.1, 0.15) is 6.10 Å². The largest absolute Gasteiger partial charge is 0.446 e. The van der Waals surface area contributed by atoms with E-state index in [4.69, 9.17) is 4.74 Å². The third kappa shape index (κ3) is 4.74. The molecule has 4 rings (SSSR count). The summed E-state index contributed by atoms with van der Waals surface area (Å²) in [4.78, 5) is 16.9. The Labute approximate surface area is 168 Å². The third-order valence-electron chi connectivity index (χ3n) is 6.04. The highest BCUT2D eigenvalue weighted by Gasteiger charge is 2.29. The van der Waals surface area contributed by atoms with Crippen LogP contribution in [0.2, 0.25) is 0 Å². The van der Waals surface area contributed by atoms with E-state index in [9.17, 15) is 4.79 Å². The summed E-state index contributed by atoms with van der Waals surface area (Å²) in [6, 6.07) is 21.7. The Morgan fingerprint density at radius 2 is 1.50 bits per heavy atom. The van der Waals surface area contributed by atoms with E-state index >= 15 is 0 Å². The molecule has 2 aromatic rings. The molecule has 1 saturated carbocycles. The molecule has 1 amide bonds. The van der Waals surface area contributed by atoms with Crippen molar-refractivity contribution in [1.29, 1.82) is 0 Å². The summed E-state index contributed by atoms with van der Waals surface area (Å²) in [5, 5.41) is 0. The van der Waals surface area contributed by atoms with Gasteiger partial charge in [0, 0.05) is 32.2 Å². The fourth-order valence-corrected chi connectivity index (χ4v) is 4.41. The maximum absolute atomic E-state index is 12.5. The maximum Gasteiger partial charge on any atom is 0.410 e. The first-order valence-corrected chi connectivity index (χ1v) is 10.6. The normalized spacial score (nSPS) is 19.5. The molecule has 1 saturated heterocycles. The van der Waals surface area contributed by atoms with Gasteiger partial charge in [-0.05, 0) is 43.2 Å². The van der Waals surface area contributed by atoms with Crippen molar-refractivity contribution in [3.8, 4) is 0 Å². The fraction of sp³-hybridized carbons (Fsp3) is 0.458. The van der Waals surface area contributed by atoms with E-state index in [0.29, 0.717) is 6.04 Å². The van der Waals surface area contributed by atoms with Gasteiger partial charge in [0.2, 0.25) is 0 Å². The maximum atomic E-state index is 12.5. The van der Waals surface area contributed by atoms with Crippen molar-refractivity contribution in [1.82, 2.24) is 9.80 Å². The standard InChI is InChI=1S/C24H30N2O2/c27-24(28-22-13-7-8-14-22)26-17-15-25(16-18-26)23(21-11-5-2-6-12-21)19-20-9-3-1-4-10-20/h1-6,9-12,22-23H,7-8,13-19H2/t23-/m0/s1. The summed E-state index contributed by atoms with van der Waals surface area (Å²) >= 11 is 0. The number of hydrogen-bond donors (Lipinski definition) is 0. The van der Waals surface area contributed by atoms with Crippen LogP contribution in [0.1, 0.15) is 42.9 Å². The Kier molecular flexibility index (Phi) is 6.27. The van der Waals surface area contributed by atoms with Gasteiger partial charge in [-0.1, -0.05) is 60.7 Å². The molecule has 1 aliphatic carbocycles. The molecule has 1 heterocycles.